The Balaban J connectivity index is 1.56. The van der Waals surface area contributed by atoms with Crippen molar-refractivity contribution >= 4 is 39.5 Å². The summed E-state index contributed by atoms with van der Waals surface area (Å²) >= 11 is 0. The van der Waals surface area contributed by atoms with Crippen LogP contribution in [0.25, 0.3) is 27.9 Å². The molecule has 9 nitrogen and oxygen atoms in total. The first-order valence-corrected chi connectivity index (χ1v) is 13.4. The van der Waals surface area contributed by atoms with Crippen LogP contribution in [-0.4, -0.2) is 50.1 Å². The van der Waals surface area contributed by atoms with Crippen molar-refractivity contribution in [3.05, 3.63) is 72.9 Å². The Labute approximate surface area is 215 Å². The molecule has 1 aliphatic heterocycles. The molecular weight excluding hydrogens is 489 g/mol. The highest BCUT2D eigenvalue weighted by Crippen LogP contribution is 2.37. The van der Waals surface area contributed by atoms with Crippen LogP contribution in [0.1, 0.15) is 33.3 Å². The number of rotatable bonds is 4. The average molecular weight is 515 g/mol. The zero-order valence-electron chi connectivity index (χ0n) is 21.2. The molecule has 6 rings (SSSR count). The van der Waals surface area contributed by atoms with E-state index < -0.39 is 28.3 Å². The molecule has 4 aromatic heterocycles. The molecule has 0 aliphatic carbocycles. The summed E-state index contributed by atoms with van der Waals surface area (Å²) in [7, 11) is -4.67. The Kier molecular flexibility index (Phi) is 5.14. The highest BCUT2D eigenvalue weighted by atomic mass is 32.2. The Morgan fingerprint density at radius 2 is 1.62 bits per heavy atom. The maximum Gasteiger partial charge on any atom is 0.516 e. The van der Waals surface area contributed by atoms with Gasteiger partial charge in [-0.2, -0.15) is 0 Å². The standard InChI is InChI=1S/C26H26BN5O4S/c1-17-6-9-19(10-7-17)37(33,34)32-16-20(18-8-11-22-28-12-13-31(22)15-18)23-24(32)29-14-21(30-23)27-35-25(2,3)26(4,5)36-27/h6-16H,1-5H3. The number of hydrogen-bond acceptors (Lipinski definition) is 7. The van der Waals surface area contributed by atoms with E-state index in [9.17, 15) is 8.42 Å². The lowest BCUT2D eigenvalue weighted by Crippen LogP contribution is -2.41. The fraction of sp³-hybridized carbons (Fsp3) is 0.269. The van der Waals surface area contributed by atoms with E-state index >= 15 is 0 Å². The summed E-state index contributed by atoms with van der Waals surface area (Å²) < 4.78 is 42.9. The first-order valence-electron chi connectivity index (χ1n) is 12.0. The smallest absolute Gasteiger partial charge is 0.398 e. The molecule has 0 amide bonds. The number of aromatic nitrogens is 5. The summed E-state index contributed by atoms with van der Waals surface area (Å²) in [5, 5.41) is 0. The predicted molar refractivity (Wildman–Crippen MR) is 141 cm³/mol. The van der Waals surface area contributed by atoms with Gasteiger partial charge < -0.3 is 13.7 Å². The molecule has 1 saturated heterocycles. The van der Waals surface area contributed by atoms with E-state index in [0.29, 0.717) is 16.7 Å². The van der Waals surface area contributed by atoms with Gasteiger partial charge in [-0.05, 0) is 58.9 Å². The van der Waals surface area contributed by atoms with Gasteiger partial charge in [0.15, 0.2) is 5.65 Å². The summed E-state index contributed by atoms with van der Waals surface area (Å²) in [4.78, 5) is 13.9. The van der Waals surface area contributed by atoms with Crippen LogP contribution in [0.2, 0.25) is 0 Å². The topological polar surface area (TPSA) is 101 Å². The third kappa shape index (κ3) is 3.76. The minimum absolute atomic E-state index is 0.170. The maximum absolute atomic E-state index is 13.7. The number of nitrogens with zero attached hydrogens (tertiary/aromatic N) is 5. The van der Waals surface area contributed by atoms with E-state index in [0.717, 1.165) is 16.8 Å². The van der Waals surface area contributed by atoms with E-state index in [1.807, 2.05) is 63.5 Å². The average Bonchev–Trinajstić information content (AvgIpc) is 3.52. The SMILES string of the molecule is Cc1ccc(S(=O)(=O)n2cc(-c3ccc4nccn4c3)c3nc(B4OC(C)(C)C(C)(C)O4)cnc32)cc1. The Hall–Kier alpha value is -3.54. The predicted octanol–water partition coefficient (Wildman–Crippen LogP) is 3.59. The van der Waals surface area contributed by atoms with E-state index in [4.69, 9.17) is 14.3 Å². The number of fused-ring (bicyclic) bond motifs is 2. The summed E-state index contributed by atoms with van der Waals surface area (Å²) in [5.74, 6) is 0. The first-order chi connectivity index (χ1) is 17.5. The van der Waals surface area contributed by atoms with Crippen LogP contribution < -0.4 is 5.59 Å². The molecule has 0 radical (unpaired) electrons. The highest BCUT2D eigenvalue weighted by Gasteiger charge is 2.52. The molecule has 1 aliphatic rings. The van der Waals surface area contributed by atoms with E-state index in [1.165, 1.54) is 10.2 Å². The Morgan fingerprint density at radius 3 is 2.32 bits per heavy atom. The number of aryl methyl sites for hydroxylation is 1. The van der Waals surface area contributed by atoms with Gasteiger partial charge in [0.1, 0.15) is 11.2 Å². The first kappa shape index (κ1) is 23.8. The Morgan fingerprint density at radius 1 is 0.919 bits per heavy atom. The van der Waals surface area contributed by atoms with Gasteiger partial charge in [0, 0.05) is 42.1 Å². The molecule has 0 N–H and O–H groups in total. The van der Waals surface area contributed by atoms with Gasteiger partial charge in [0.2, 0.25) is 0 Å². The van der Waals surface area contributed by atoms with Crippen molar-refractivity contribution in [2.24, 2.45) is 0 Å². The van der Waals surface area contributed by atoms with Crippen LogP contribution in [0.3, 0.4) is 0 Å². The fourth-order valence-electron chi connectivity index (χ4n) is 4.35. The minimum Gasteiger partial charge on any atom is -0.398 e. The van der Waals surface area contributed by atoms with Gasteiger partial charge in [0.25, 0.3) is 10.0 Å². The molecule has 5 heterocycles. The number of imidazole rings is 1. The van der Waals surface area contributed by atoms with Crippen LogP contribution in [0.15, 0.2) is 72.3 Å². The minimum atomic E-state index is -3.94. The molecule has 37 heavy (non-hydrogen) atoms. The lowest BCUT2D eigenvalue weighted by molar-refractivity contribution is 0.00578. The molecule has 188 valence electrons. The van der Waals surface area contributed by atoms with Gasteiger partial charge in [0.05, 0.1) is 21.7 Å². The normalized spacial score (nSPS) is 17.2. The van der Waals surface area contributed by atoms with E-state index in [-0.39, 0.29) is 10.5 Å². The molecule has 0 unspecified atom stereocenters. The van der Waals surface area contributed by atoms with Gasteiger partial charge in [-0.1, -0.05) is 17.7 Å². The third-order valence-corrected chi connectivity index (χ3v) is 8.92. The molecule has 0 bridgehead atoms. The van der Waals surface area contributed by atoms with Crippen molar-refractivity contribution in [3.8, 4) is 11.1 Å². The quantitative estimate of drug-likeness (QED) is 0.337. The van der Waals surface area contributed by atoms with E-state index in [2.05, 4.69) is 9.97 Å². The van der Waals surface area contributed by atoms with Crippen molar-refractivity contribution in [3.63, 3.8) is 0 Å². The maximum atomic E-state index is 13.7. The molecule has 0 spiro atoms. The van der Waals surface area contributed by atoms with Crippen molar-refractivity contribution in [2.45, 2.75) is 50.7 Å². The number of pyridine rings is 1. The van der Waals surface area contributed by atoms with Crippen molar-refractivity contribution in [1.29, 1.82) is 0 Å². The molecule has 0 atom stereocenters. The number of hydrogen-bond donors (Lipinski definition) is 0. The summed E-state index contributed by atoms with van der Waals surface area (Å²) in [5.41, 5.74) is 3.17. The van der Waals surface area contributed by atoms with E-state index in [1.54, 1.807) is 36.7 Å². The largest absolute Gasteiger partial charge is 0.516 e. The zero-order chi connectivity index (χ0) is 26.2. The fourth-order valence-corrected chi connectivity index (χ4v) is 5.67. The van der Waals surface area contributed by atoms with Crippen LogP contribution in [0, 0.1) is 6.92 Å². The van der Waals surface area contributed by atoms with Gasteiger partial charge >= 0.3 is 7.12 Å². The molecule has 0 saturated carbocycles. The molecule has 11 heteroatoms. The van der Waals surface area contributed by atoms with Crippen LogP contribution >= 0.6 is 0 Å². The third-order valence-electron chi connectivity index (χ3n) is 7.25. The van der Waals surface area contributed by atoms with Crippen LogP contribution in [0.4, 0.5) is 0 Å². The van der Waals surface area contributed by atoms with Crippen molar-refractivity contribution in [1.82, 2.24) is 23.3 Å². The molecular formula is C26H26BN5O4S. The van der Waals surface area contributed by atoms with Crippen molar-refractivity contribution < 1.29 is 17.7 Å². The second-order valence-electron chi connectivity index (χ2n) is 10.3. The monoisotopic (exact) mass is 515 g/mol. The van der Waals surface area contributed by atoms with Gasteiger partial charge in [-0.3, -0.25) is 4.98 Å². The van der Waals surface area contributed by atoms with Crippen molar-refractivity contribution in [2.75, 3.05) is 0 Å². The Bertz CT molecular complexity index is 1760. The lowest BCUT2D eigenvalue weighted by Gasteiger charge is -2.32. The summed E-state index contributed by atoms with van der Waals surface area (Å²) in [6.45, 7) is 9.78. The lowest BCUT2D eigenvalue weighted by atomic mass is 9.85. The van der Waals surface area contributed by atoms with Crippen LogP contribution in [0.5, 0.6) is 0 Å². The highest BCUT2D eigenvalue weighted by molar-refractivity contribution is 7.90. The van der Waals surface area contributed by atoms with Crippen LogP contribution in [-0.2, 0) is 19.3 Å². The molecule has 1 fully saturated rings. The summed E-state index contributed by atoms with van der Waals surface area (Å²) in [6.07, 6.45) is 8.53. The second-order valence-corrected chi connectivity index (χ2v) is 12.1. The zero-order valence-corrected chi connectivity index (χ0v) is 22.0. The van der Waals surface area contributed by atoms with Gasteiger partial charge in [-0.15, -0.1) is 0 Å². The molecule has 5 aromatic rings. The second kappa shape index (κ2) is 7.98. The molecule has 1 aromatic carbocycles. The van der Waals surface area contributed by atoms with Gasteiger partial charge in [-0.25, -0.2) is 22.4 Å². The summed E-state index contributed by atoms with van der Waals surface area (Å²) in [6, 6.07) is 10.5. The number of benzene rings is 1.